The maximum absolute atomic E-state index is 9.27. The summed E-state index contributed by atoms with van der Waals surface area (Å²) in [6.07, 6.45) is 4.27. The molecule has 9 heavy (non-hydrogen) atoms. The van der Waals surface area contributed by atoms with Gasteiger partial charge in [0.2, 0.25) is 0 Å². The second-order valence-electron chi connectivity index (χ2n) is 2.53. The summed E-state index contributed by atoms with van der Waals surface area (Å²) in [7, 11) is 0. The zero-order chi connectivity index (χ0) is 6.69. The first-order valence-electron chi connectivity index (χ1n) is 3.38. The van der Waals surface area contributed by atoms with Gasteiger partial charge in [-0.1, -0.05) is 24.8 Å². The summed E-state index contributed by atoms with van der Waals surface area (Å²) in [6, 6.07) is 0. The van der Waals surface area contributed by atoms with Crippen LogP contribution in [0.3, 0.4) is 0 Å². The quantitative estimate of drug-likeness (QED) is 0.542. The number of hydrogen-bond donors (Lipinski definition) is 2. The van der Waals surface area contributed by atoms with Crippen molar-refractivity contribution in [1.82, 2.24) is 0 Å². The van der Waals surface area contributed by atoms with Gasteiger partial charge in [0.25, 0.3) is 0 Å². The Hall–Kier alpha value is 0.270. The Bertz CT molecular complexity index is 89.1. The van der Waals surface area contributed by atoms with E-state index in [2.05, 4.69) is 0 Å². The minimum Gasteiger partial charge on any atom is -0.392 e. The highest BCUT2D eigenvalue weighted by Gasteiger charge is 2.21. The summed E-state index contributed by atoms with van der Waals surface area (Å²) in [5.74, 6) is 0. The third-order valence-corrected chi connectivity index (χ3v) is 2.74. The van der Waals surface area contributed by atoms with E-state index in [0.29, 0.717) is 5.25 Å². The lowest BCUT2D eigenvalue weighted by Gasteiger charge is -2.24. The van der Waals surface area contributed by atoms with Crippen molar-refractivity contribution in [3.8, 4) is 0 Å². The van der Waals surface area contributed by atoms with E-state index in [1.165, 1.54) is 18.4 Å². The molecule has 0 aromatic carbocycles. The lowest BCUT2D eigenvalue weighted by molar-refractivity contribution is 0.137. The lowest BCUT2D eigenvalue weighted by atomic mass is 9.97. The zero-order valence-electron chi connectivity index (χ0n) is 5.42. The molecule has 0 bridgehead atoms. The maximum atomic E-state index is 9.27. The van der Waals surface area contributed by atoms with Crippen molar-refractivity contribution in [2.24, 2.45) is 5.14 Å². The van der Waals surface area contributed by atoms with Crippen molar-refractivity contribution in [3.05, 3.63) is 0 Å². The van der Waals surface area contributed by atoms with E-state index >= 15 is 0 Å². The molecule has 1 aliphatic rings. The van der Waals surface area contributed by atoms with Gasteiger partial charge in [-0.15, -0.1) is 0 Å². The number of nitrogens with two attached hydrogens (primary N) is 1. The predicted octanol–water partition coefficient (Wildman–Crippen LogP) is 0.897. The van der Waals surface area contributed by atoms with Crippen LogP contribution in [0, 0.1) is 0 Å². The van der Waals surface area contributed by atoms with E-state index in [-0.39, 0.29) is 6.10 Å². The number of hydrogen-bond acceptors (Lipinski definition) is 3. The summed E-state index contributed by atoms with van der Waals surface area (Å²) in [5, 5.41) is 14.9. The molecule has 0 aliphatic heterocycles. The van der Waals surface area contributed by atoms with E-state index in [1.807, 2.05) is 0 Å². The highest BCUT2D eigenvalue weighted by atomic mass is 32.2. The highest BCUT2D eigenvalue weighted by Crippen LogP contribution is 2.25. The van der Waals surface area contributed by atoms with E-state index in [4.69, 9.17) is 5.14 Å². The van der Waals surface area contributed by atoms with E-state index in [1.54, 1.807) is 0 Å². The van der Waals surface area contributed by atoms with E-state index in [0.717, 1.165) is 19.3 Å². The molecule has 0 radical (unpaired) electrons. The van der Waals surface area contributed by atoms with Gasteiger partial charge < -0.3 is 5.11 Å². The molecule has 1 aliphatic carbocycles. The predicted molar refractivity (Wildman–Crippen MR) is 40.0 cm³/mol. The molecule has 0 saturated heterocycles. The second kappa shape index (κ2) is 3.44. The standard InChI is InChI=1S/C6H13NOS/c7-9-6-4-2-1-3-5(6)8/h5-6,8H,1-4,7H2. The van der Waals surface area contributed by atoms with Crippen molar-refractivity contribution < 1.29 is 5.11 Å². The van der Waals surface area contributed by atoms with Crippen LogP contribution in [0.1, 0.15) is 25.7 Å². The molecule has 2 nitrogen and oxygen atoms in total. The van der Waals surface area contributed by atoms with Crippen molar-refractivity contribution >= 4 is 11.9 Å². The molecular formula is C6H13NOS. The minimum atomic E-state index is -0.145. The number of rotatable bonds is 1. The molecule has 1 saturated carbocycles. The third-order valence-electron chi connectivity index (χ3n) is 1.84. The molecule has 0 amide bonds. The Balaban J connectivity index is 2.30. The first kappa shape index (κ1) is 7.38. The van der Waals surface area contributed by atoms with Crippen LogP contribution in [0.15, 0.2) is 0 Å². The third kappa shape index (κ3) is 1.85. The van der Waals surface area contributed by atoms with Crippen LogP contribution in [0.2, 0.25) is 0 Å². The molecule has 2 unspecified atom stereocenters. The van der Waals surface area contributed by atoms with Crippen molar-refractivity contribution in [3.63, 3.8) is 0 Å². The summed E-state index contributed by atoms with van der Waals surface area (Å²) >= 11 is 1.30. The number of aliphatic hydroxyl groups excluding tert-OH is 1. The van der Waals surface area contributed by atoms with Gasteiger partial charge in [0.15, 0.2) is 0 Å². The Kier molecular flexibility index (Phi) is 2.82. The van der Waals surface area contributed by atoms with Crippen LogP contribution >= 0.6 is 11.9 Å². The zero-order valence-corrected chi connectivity index (χ0v) is 6.23. The van der Waals surface area contributed by atoms with Crippen molar-refractivity contribution in [1.29, 1.82) is 0 Å². The minimum absolute atomic E-state index is 0.145. The molecule has 1 fully saturated rings. The maximum Gasteiger partial charge on any atom is 0.0671 e. The Morgan fingerprint density at radius 3 is 2.44 bits per heavy atom. The van der Waals surface area contributed by atoms with E-state index < -0.39 is 0 Å². The molecule has 2 atom stereocenters. The summed E-state index contributed by atoms with van der Waals surface area (Å²) < 4.78 is 0. The molecule has 0 spiro atoms. The smallest absolute Gasteiger partial charge is 0.0671 e. The van der Waals surface area contributed by atoms with Gasteiger partial charge in [-0.2, -0.15) is 0 Å². The van der Waals surface area contributed by atoms with Gasteiger partial charge in [-0.05, 0) is 12.8 Å². The molecule has 0 heterocycles. The Labute approximate surface area is 60.0 Å². The number of aliphatic hydroxyl groups is 1. The van der Waals surface area contributed by atoms with Gasteiger partial charge in [-0.3, -0.25) is 5.14 Å². The SMILES string of the molecule is NSC1CCCCC1O. The lowest BCUT2D eigenvalue weighted by Crippen LogP contribution is -2.27. The molecule has 3 N–H and O–H groups in total. The van der Waals surface area contributed by atoms with Gasteiger partial charge in [0.05, 0.1) is 6.10 Å². The fourth-order valence-electron chi connectivity index (χ4n) is 1.24. The summed E-state index contributed by atoms with van der Waals surface area (Å²) in [5.41, 5.74) is 0. The molecule has 0 aromatic rings. The van der Waals surface area contributed by atoms with Crippen LogP contribution in [-0.2, 0) is 0 Å². The highest BCUT2D eigenvalue weighted by molar-refractivity contribution is 7.97. The van der Waals surface area contributed by atoms with Gasteiger partial charge in [0.1, 0.15) is 0 Å². The Morgan fingerprint density at radius 2 is 2.00 bits per heavy atom. The van der Waals surface area contributed by atoms with E-state index in [9.17, 15) is 5.11 Å². The van der Waals surface area contributed by atoms with Crippen LogP contribution in [0.4, 0.5) is 0 Å². The molecular weight excluding hydrogens is 134 g/mol. The average molecular weight is 147 g/mol. The molecule has 1 rings (SSSR count). The fraction of sp³-hybridized carbons (Fsp3) is 1.00. The van der Waals surface area contributed by atoms with Gasteiger partial charge in [0, 0.05) is 5.25 Å². The fourth-order valence-corrected chi connectivity index (χ4v) is 1.86. The van der Waals surface area contributed by atoms with Crippen LogP contribution in [0.5, 0.6) is 0 Å². The molecule has 0 aromatic heterocycles. The second-order valence-corrected chi connectivity index (χ2v) is 3.40. The van der Waals surface area contributed by atoms with Crippen LogP contribution < -0.4 is 5.14 Å². The molecule has 54 valence electrons. The average Bonchev–Trinajstić information content (AvgIpc) is 1.89. The Morgan fingerprint density at radius 1 is 1.33 bits per heavy atom. The topological polar surface area (TPSA) is 46.2 Å². The van der Waals surface area contributed by atoms with Crippen LogP contribution in [0.25, 0.3) is 0 Å². The van der Waals surface area contributed by atoms with Gasteiger partial charge in [-0.25, -0.2) is 0 Å². The first-order chi connectivity index (χ1) is 4.34. The van der Waals surface area contributed by atoms with Gasteiger partial charge >= 0.3 is 0 Å². The largest absolute Gasteiger partial charge is 0.392 e. The normalized spacial score (nSPS) is 36.7. The van der Waals surface area contributed by atoms with Crippen molar-refractivity contribution in [2.45, 2.75) is 37.0 Å². The van der Waals surface area contributed by atoms with Crippen LogP contribution in [-0.4, -0.2) is 16.5 Å². The first-order valence-corrected chi connectivity index (χ1v) is 4.32. The van der Waals surface area contributed by atoms with Crippen molar-refractivity contribution in [2.75, 3.05) is 0 Å². The molecule has 3 heteroatoms. The summed E-state index contributed by atoms with van der Waals surface area (Å²) in [6.45, 7) is 0. The summed E-state index contributed by atoms with van der Waals surface area (Å²) in [4.78, 5) is 0. The monoisotopic (exact) mass is 147 g/mol.